The minimum Gasteiger partial charge on any atom is -0.381 e. The summed E-state index contributed by atoms with van der Waals surface area (Å²) >= 11 is 5.50. The van der Waals surface area contributed by atoms with Crippen molar-refractivity contribution in [2.75, 3.05) is 24.3 Å². The first-order valence-electron chi connectivity index (χ1n) is 8.78. The SMILES string of the molecule is BrCCCCCCOCCCCc1ccc2c(c1)SCCC2. The molecule has 0 aliphatic carbocycles. The van der Waals surface area contributed by atoms with Gasteiger partial charge in [-0.25, -0.2) is 0 Å². The average molecular weight is 385 g/mol. The van der Waals surface area contributed by atoms with Crippen LogP contribution in [0.2, 0.25) is 0 Å². The zero-order valence-electron chi connectivity index (χ0n) is 13.6. The van der Waals surface area contributed by atoms with Gasteiger partial charge in [-0.1, -0.05) is 40.9 Å². The Labute approximate surface area is 148 Å². The number of alkyl halides is 1. The molecule has 0 fully saturated rings. The quantitative estimate of drug-likeness (QED) is 0.340. The molecule has 2 rings (SSSR count). The third-order valence-corrected chi connectivity index (χ3v) is 5.90. The molecule has 0 unspecified atom stereocenters. The second-order valence-electron chi connectivity index (χ2n) is 6.07. The van der Waals surface area contributed by atoms with E-state index in [4.69, 9.17) is 4.74 Å². The molecule has 1 aromatic carbocycles. The molecule has 0 atom stereocenters. The van der Waals surface area contributed by atoms with Gasteiger partial charge in [0.05, 0.1) is 0 Å². The Morgan fingerprint density at radius 3 is 2.68 bits per heavy atom. The molecule has 0 amide bonds. The minimum atomic E-state index is 0.929. The Morgan fingerprint density at radius 2 is 1.82 bits per heavy atom. The summed E-state index contributed by atoms with van der Waals surface area (Å²) < 4.78 is 5.73. The Balaban J connectivity index is 1.50. The van der Waals surface area contributed by atoms with Gasteiger partial charge in [-0.2, -0.15) is 0 Å². The monoisotopic (exact) mass is 384 g/mol. The Morgan fingerprint density at radius 1 is 1.00 bits per heavy atom. The fourth-order valence-corrected chi connectivity index (χ4v) is 4.32. The van der Waals surface area contributed by atoms with E-state index in [0.29, 0.717) is 0 Å². The van der Waals surface area contributed by atoms with Crippen LogP contribution in [-0.4, -0.2) is 24.3 Å². The normalized spacial score (nSPS) is 14.0. The van der Waals surface area contributed by atoms with Gasteiger partial charge in [-0.05, 0) is 67.9 Å². The van der Waals surface area contributed by atoms with Crippen molar-refractivity contribution in [3.8, 4) is 0 Å². The molecule has 1 heterocycles. The smallest absolute Gasteiger partial charge is 0.0466 e. The van der Waals surface area contributed by atoms with Gasteiger partial charge in [-0.15, -0.1) is 11.8 Å². The number of fused-ring (bicyclic) bond motifs is 1. The molecule has 0 aromatic heterocycles. The molecular formula is C19H29BrOS. The lowest BCUT2D eigenvalue weighted by atomic mass is 10.0. The van der Waals surface area contributed by atoms with Gasteiger partial charge in [0.1, 0.15) is 0 Å². The number of hydrogen-bond acceptors (Lipinski definition) is 2. The van der Waals surface area contributed by atoms with Crippen LogP contribution in [0.4, 0.5) is 0 Å². The third kappa shape index (κ3) is 7.06. The van der Waals surface area contributed by atoms with Crippen molar-refractivity contribution in [2.24, 2.45) is 0 Å². The Kier molecular flexibility index (Phi) is 9.62. The van der Waals surface area contributed by atoms with E-state index >= 15 is 0 Å². The van der Waals surface area contributed by atoms with Crippen molar-refractivity contribution < 1.29 is 4.74 Å². The molecule has 0 bridgehead atoms. The zero-order chi connectivity index (χ0) is 15.5. The summed E-state index contributed by atoms with van der Waals surface area (Å²) in [5.41, 5.74) is 3.06. The predicted molar refractivity (Wildman–Crippen MR) is 102 cm³/mol. The highest BCUT2D eigenvalue weighted by Crippen LogP contribution is 2.30. The number of aryl methyl sites for hydroxylation is 2. The van der Waals surface area contributed by atoms with Crippen LogP contribution in [0.15, 0.2) is 23.1 Å². The van der Waals surface area contributed by atoms with Crippen LogP contribution in [0.5, 0.6) is 0 Å². The highest BCUT2D eigenvalue weighted by atomic mass is 79.9. The summed E-state index contributed by atoms with van der Waals surface area (Å²) in [6.45, 7) is 1.87. The van der Waals surface area contributed by atoms with Crippen molar-refractivity contribution in [1.82, 2.24) is 0 Å². The van der Waals surface area contributed by atoms with Gasteiger partial charge in [0.2, 0.25) is 0 Å². The molecular weight excluding hydrogens is 356 g/mol. The van der Waals surface area contributed by atoms with Crippen molar-refractivity contribution in [3.63, 3.8) is 0 Å². The molecule has 0 N–H and O–H groups in total. The molecule has 124 valence electrons. The van der Waals surface area contributed by atoms with E-state index in [1.807, 2.05) is 11.8 Å². The maximum atomic E-state index is 5.73. The second kappa shape index (κ2) is 11.5. The maximum Gasteiger partial charge on any atom is 0.0466 e. The van der Waals surface area contributed by atoms with Crippen LogP contribution >= 0.6 is 27.7 Å². The van der Waals surface area contributed by atoms with Crippen LogP contribution < -0.4 is 0 Å². The molecule has 0 saturated heterocycles. The largest absolute Gasteiger partial charge is 0.381 e. The van der Waals surface area contributed by atoms with Crippen molar-refractivity contribution in [3.05, 3.63) is 29.3 Å². The predicted octanol–water partition coefficient (Wildman–Crippen LogP) is 6.02. The van der Waals surface area contributed by atoms with Crippen molar-refractivity contribution >= 4 is 27.7 Å². The van der Waals surface area contributed by atoms with E-state index in [0.717, 1.165) is 18.5 Å². The first-order valence-corrected chi connectivity index (χ1v) is 10.9. The standard InChI is InChI=1S/C19H29BrOS/c20-12-4-1-2-5-13-21-14-6-3-8-17-10-11-18-9-7-15-22-19(18)16-17/h10-11,16H,1-9,12-15H2. The fourth-order valence-electron chi connectivity index (χ4n) is 2.83. The summed E-state index contributed by atoms with van der Waals surface area (Å²) in [4.78, 5) is 1.53. The van der Waals surface area contributed by atoms with Crippen LogP contribution in [-0.2, 0) is 17.6 Å². The molecule has 1 aliphatic heterocycles. The van der Waals surface area contributed by atoms with E-state index in [2.05, 4.69) is 34.1 Å². The number of thioether (sulfide) groups is 1. The van der Waals surface area contributed by atoms with Gasteiger partial charge in [0.25, 0.3) is 0 Å². The summed E-state index contributed by atoms with van der Waals surface area (Å²) in [6, 6.07) is 7.10. The molecule has 0 radical (unpaired) electrons. The lowest BCUT2D eigenvalue weighted by Crippen LogP contribution is -2.00. The first kappa shape index (κ1) is 18.4. The second-order valence-corrected chi connectivity index (χ2v) is 8.00. The highest BCUT2D eigenvalue weighted by molar-refractivity contribution is 9.09. The number of unbranched alkanes of at least 4 members (excludes halogenated alkanes) is 4. The summed E-state index contributed by atoms with van der Waals surface area (Å²) in [6.07, 6.45) is 11.4. The lowest BCUT2D eigenvalue weighted by Gasteiger charge is -2.16. The topological polar surface area (TPSA) is 9.23 Å². The summed E-state index contributed by atoms with van der Waals surface area (Å²) in [7, 11) is 0. The van der Waals surface area contributed by atoms with Crippen LogP contribution in [0, 0.1) is 0 Å². The molecule has 1 nitrogen and oxygen atoms in total. The van der Waals surface area contributed by atoms with Crippen molar-refractivity contribution in [1.29, 1.82) is 0 Å². The minimum absolute atomic E-state index is 0.929. The first-order chi connectivity index (χ1) is 10.9. The summed E-state index contributed by atoms with van der Waals surface area (Å²) in [5, 5.41) is 1.13. The number of halogens is 1. The highest BCUT2D eigenvalue weighted by Gasteiger charge is 2.09. The molecule has 1 aromatic rings. The molecule has 0 spiro atoms. The van der Waals surface area contributed by atoms with Gasteiger partial charge in [-0.3, -0.25) is 0 Å². The Bertz CT molecular complexity index is 422. The summed E-state index contributed by atoms with van der Waals surface area (Å²) in [5.74, 6) is 1.29. The van der Waals surface area contributed by atoms with E-state index < -0.39 is 0 Å². The molecule has 0 saturated carbocycles. The van der Waals surface area contributed by atoms with Gasteiger partial charge < -0.3 is 4.74 Å². The maximum absolute atomic E-state index is 5.73. The number of ether oxygens (including phenoxy) is 1. The number of hydrogen-bond donors (Lipinski definition) is 0. The molecule has 1 aliphatic rings. The molecule has 3 heteroatoms. The van der Waals surface area contributed by atoms with Crippen LogP contribution in [0.3, 0.4) is 0 Å². The van der Waals surface area contributed by atoms with E-state index in [1.54, 1.807) is 5.56 Å². The van der Waals surface area contributed by atoms with E-state index in [-0.39, 0.29) is 0 Å². The number of benzene rings is 1. The zero-order valence-corrected chi connectivity index (χ0v) is 16.0. The Hall–Kier alpha value is 0.01000. The van der Waals surface area contributed by atoms with Crippen LogP contribution in [0.25, 0.3) is 0 Å². The lowest BCUT2D eigenvalue weighted by molar-refractivity contribution is 0.126. The number of rotatable bonds is 11. The fraction of sp³-hybridized carbons (Fsp3) is 0.684. The van der Waals surface area contributed by atoms with E-state index in [9.17, 15) is 0 Å². The van der Waals surface area contributed by atoms with Crippen molar-refractivity contribution in [2.45, 2.75) is 62.7 Å². The van der Waals surface area contributed by atoms with Gasteiger partial charge in [0, 0.05) is 23.4 Å². The molecule has 22 heavy (non-hydrogen) atoms. The van der Waals surface area contributed by atoms with Gasteiger partial charge in [0.15, 0.2) is 0 Å². The third-order valence-electron chi connectivity index (χ3n) is 4.16. The van der Waals surface area contributed by atoms with E-state index in [1.165, 1.54) is 74.0 Å². The van der Waals surface area contributed by atoms with Gasteiger partial charge >= 0.3 is 0 Å². The average Bonchev–Trinajstić information content (AvgIpc) is 2.56. The van der Waals surface area contributed by atoms with Crippen LogP contribution in [0.1, 0.15) is 56.1 Å².